The highest BCUT2D eigenvalue weighted by molar-refractivity contribution is 5.45. The maximum Gasteiger partial charge on any atom is 0.119 e. The summed E-state index contributed by atoms with van der Waals surface area (Å²) in [6.45, 7) is 6.13. The van der Waals surface area contributed by atoms with Gasteiger partial charge in [0.15, 0.2) is 0 Å². The molecular weight excluding hydrogens is 404 g/mol. The van der Waals surface area contributed by atoms with Crippen molar-refractivity contribution in [2.24, 2.45) is 11.8 Å². The molecule has 1 saturated carbocycles. The smallest absolute Gasteiger partial charge is 0.119 e. The van der Waals surface area contributed by atoms with Crippen LogP contribution in [-0.4, -0.2) is 13.2 Å². The van der Waals surface area contributed by atoms with Crippen LogP contribution in [0.4, 0.5) is 0 Å². The van der Waals surface area contributed by atoms with Crippen LogP contribution in [0.15, 0.2) is 48.5 Å². The summed E-state index contributed by atoms with van der Waals surface area (Å²) in [4.78, 5) is 0. The summed E-state index contributed by atoms with van der Waals surface area (Å²) in [5.41, 5.74) is 2.01. The van der Waals surface area contributed by atoms with Crippen molar-refractivity contribution in [2.45, 2.75) is 84.5 Å². The van der Waals surface area contributed by atoms with Gasteiger partial charge in [0.1, 0.15) is 11.5 Å². The van der Waals surface area contributed by atoms with Gasteiger partial charge in [0.05, 0.1) is 13.2 Å². The van der Waals surface area contributed by atoms with Gasteiger partial charge >= 0.3 is 0 Å². The van der Waals surface area contributed by atoms with E-state index in [-0.39, 0.29) is 0 Å². The topological polar surface area (TPSA) is 18.5 Å². The van der Waals surface area contributed by atoms with Crippen LogP contribution >= 0.6 is 0 Å². The van der Waals surface area contributed by atoms with Crippen LogP contribution in [0, 0.1) is 23.7 Å². The molecule has 1 fully saturated rings. The molecule has 2 nitrogen and oxygen atoms in total. The van der Waals surface area contributed by atoms with Gasteiger partial charge in [0, 0.05) is 11.1 Å². The lowest BCUT2D eigenvalue weighted by molar-refractivity contribution is 0.177. The molecule has 0 spiro atoms. The van der Waals surface area contributed by atoms with E-state index in [4.69, 9.17) is 9.47 Å². The highest BCUT2D eigenvalue weighted by atomic mass is 16.5. The van der Waals surface area contributed by atoms with Crippen LogP contribution in [-0.2, 0) is 0 Å². The molecule has 0 aromatic heterocycles. The van der Waals surface area contributed by atoms with E-state index in [9.17, 15) is 0 Å². The average molecular weight is 447 g/mol. The Labute approximate surface area is 202 Å². The molecule has 2 aromatic carbocycles. The van der Waals surface area contributed by atoms with Crippen molar-refractivity contribution in [1.29, 1.82) is 0 Å². The van der Waals surface area contributed by atoms with E-state index >= 15 is 0 Å². The van der Waals surface area contributed by atoms with E-state index in [1.165, 1.54) is 64.2 Å². The molecular formula is C31H42O2. The lowest BCUT2D eigenvalue weighted by Crippen LogP contribution is -2.20. The molecule has 0 aliphatic heterocycles. The SMILES string of the molecule is CCCCCOc1ccc(C#Cc2ccc(OCC3CCC(CCCCC)CC3)cc2)cc1. The van der Waals surface area contributed by atoms with E-state index in [1.807, 2.05) is 36.4 Å². The molecule has 2 heteroatoms. The molecule has 0 heterocycles. The van der Waals surface area contributed by atoms with Crippen LogP contribution in [0.1, 0.15) is 95.6 Å². The van der Waals surface area contributed by atoms with E-state index in [2.05, 4.69) is 37.8 Å². The molecule has 0 N–H and O–H groups in total. The van der Waals surface area contributed by atoms with Crippen LogP contribution in [0.25, 0.3) is 0 Å². The number of rotatable bonds is 12. The second-order valence-corrected chi connectivity index (χ2v) is 9.55. The van der Waals surface area contributed by atoms with Crippen molar-refractivity contribution in [3.8, 4) is 23.3 Å². The zero-order chi connectivity index (χ0) is 23.1. The van der Waals surface area contributed by atoms with E-state index < -0.39 is 0 Å². The maximum atomic E-state index is 6.10. The van der Waals surface area contributed by atoms with Crippen molar-refractivity contribution >= 4 is 0 Å². The van der Waals surface area contributed by atoms with Crippen molar-refractivity contribution < 1.29 is 9.47 Å². The Bertz CT molecular complexity index is 833. The quantitative estimate of drug-likeness (QED) is 0.241. The zero-order valence-corrected chi connectivity index (χ0v) is 20.8. The minimum atomic E-state index is 0.713. The van der Waals surface area contributed by atoms with E-state index in [0.717, 1.165) is 48.2 Å². The first-order valence-corrected chi connectivity index (χ1v) is 13.2. The Morgan fingerprint density at radius 2 is 1.15 bits per heavy atom. The van der Waals surface area contributed by atoms with Crippen LogP contribution < -0.4 is 9.47 Å². The summed E-state index contributed by atoms with van der Waals surface area (Å²) in [6.07, 6.45) is 14.5. The molecule has 0 atom stereocenters. The Kier molecular flexibility index (Phi) is 11.2. The average Bonchev–Trinajstić information content (AvgIpc) is 2.86. The Morgan fingerprint density at radius 1 is 0.636 bits per heavy atom. The summed E-state index contributed by atoms with van der Waals surface area (Å²) >= 11 is 0. The fraction of sp³-hybridized carbons (Fsp3) is 0.548. The summed E-state index contributed by atoms with van der Waals surface area (Å²) in [5, 5.41) is 0. The van der Waals surface area contributed by atoms with Gasteiger partial charge < -0.3 is 9.47 Å². The van der Waals surface area contributed by atoms with Crippen LogP contribution in [0.2, 0.25) is 0 Å². The molecule has 0 saturated heterocycles. The molecule has 178 valence electrons. The van der Waals surface area contributed by atoms with Gasteiger partial charge in [-0.1, -0.05) is 77.1 Å². The molecule has 3 rings (SSSR count). The highest BCUT2D eigenvalue weighted by Crippen LogP contribution is 2.32. The number of benzene rings is 2. The van der Waals surface area contributed by atoms with Crippen molar-refractivity contribution in [3.05, 3.63) is 59.7 Å². The summed E-state index contributed by atoms with van der Waals surface area (Å²) < 4.78 is 11.9. The first kappa shape index (κ1) is 25.2. The Balaban J connectivity index is 1.38. The highest BCUT2D eigenvalue weighted by Gasteiger charge is 2.21. The molecule has 0 bridgehead atoms. The van der Waals surface area contributed by atoms with Gasteiger partial charge in [0.2, 0.25) is 0 Å². The van der Waals surface area contributed by atoms with Gasteiger partial charge in [0.25, 0.3) is 0 Å². The van der Waals surface area contributed by atoms with Gasteiger partial charge in [-0.3, -0.25) is 0 Å². The third-order valence-corrected chi connectivity index (χ3v) is 6.74. The molecule has 0 unspecified atom stereocenters. The van der Waals surface area contributed by atoms with Crippen molar-refractivity contribution in [3.63, 3.8) is 0 Å². The standard InChI is InChI=1S/C31H42O2/c1-3-5-7-9-26-12-14-29(15-13-26)25-33-31-22-18-28(19-23-31)11-10-27-16-20-30(21-17-27)32-24-8-6-4-2/h16-23,26,29H,3-9,12-15,24-25H2,1-2H3. The van der Waals surface area contributed by atoms with Gasteiger partial charge in [-0.15, -0.1) is 0 Å². The third kappa shape index (κ3) is 9.55. The lowest BCUT2D eigenvalue weighted by Gasteiger charge is -2.28. The van der Waals surface area contributed by atoms with E-state index in [0.29, 0.717) is 5.92 Å². The summed E-state index contributed by atoms with van der Waals surface area (Å²) in [6, 6.07) is 16.3. The largest absolute Gasteiger partial charge is 0.494 e. The number of hydrogen-bond donors (Lipinski definition) is 0. The van der Waals surface area contributed by atoms with Crippen molar-refractivity contribution in [1.82, 2.24) is 0 Å². The molecule has 33 heavy (non-hydrogen) atoms. The minimum absolute atomic E-state index is 0.713. The maximum absolute atomic E-state index is 6.10. The number of hydrogen-bond acceptors (Lipinski definition) is 2. The van der Waals surface area contributed by atoms with Gasteiger partial charge in [-0.25, -0.2) is 0 Å². The van der Waals surface area contributed by atoms with E-state index in [1.54, 1.807) is 0 Å². The first-order chi connectivity index (χ1) is 16.3. The number of ether oxygens (including phenoxy) is 2. The Hall–Kier alpha value is -2.40. The second-order valence-electron chi connectivity index (χ2n) is 9.55. The Morgan fingerprint density at radius 3 is 1.73 bits per heavy atom. The predicted molar refractivity (Wildman–Crippen MR) is 139 cm³/mol. The predicted octanol–water partition coefficient (Wildman–Crippen LogP) is 8.42. The minimum Gasteiger partial charge on any atom is -0.494 e. The lowest BCUT2D eigenvalue weighted by atomic mass is 9.80. The van der Waals surface area contributed by atoms with Crippen molar-refractivity contribution in [2.75, 3.05) is 13.2 Å². The fourth-order valence-corrected chi connectivity index (χ4v) is 4.54. The zero-order valence-electron chi connectivity index (χ0n) is 20.8. The van der Waals surface area contributed by atoms with Crippen LogP contribution in [0.3, 0.4) is 0 Å². The van der Waals surface area contributed by atoms with Gasteiger partial charge in [-0.2, -0.15) is 0 Å². The second kappa shape index (κ2) is 14.7. The molecule has 0 radical (unpaired) electrons. The molecule has 2 aromatic rings. The molecule has 1 aliphatic carbocycles. The van der Waals surface area contributed by atoms with Gasteiger partial charge in [-0.05, 0) is 79.6 Å². The monoisotopic (exact) mass is 446 g/mol. The third-order valence-electron chi connectivity index (χ3n) is 6.74. The van der Waals surface area contributed by atoms with Crippen LogP contribution in [0.5, 0.6) is 11.5 Å². The molecule has 1 aliphatic rings. The number of unbranched alkanes of at least 4 members (excludes halogenated alkanes) is 4. The normalized spacial score (nSPS) is 17.8. The summed E-state index contributed by atoms with van der Waals surface area (Å²) in [5.74, 6) is 10.0. The fourth-order valence-electron chi connectivity index (χ4n) is 4.54. The summed E-state index contributed by atoms with van der Waals surface area (Å²) in [7, 11) is 0. The first-order valence-electron chi connectivity index (χ1n) is 13.2. The molecule has 0 amide bonds.